The van der Waals surface area contributed by atoms with Gasteiger partial charge >= 0.3 is 25.7 Å². The van der Waals surface area contributed by atoms with Crippen LogP contribution in [-0.4, -0.2) is 105 Å². The van der Waals surface area contributed by atoms with E-state index < -0.39 is 81.8 Å². The SMILES string of the molecule is CCCCC/C=C\C\C=C/C=C/C=C/[C@@H](SC[C@H](N)C(=O)OC[C@H](COP(=O)(O)OC[C@@H](O)CO)OC(=O)CCCCCCC/C=C\CCCCCC)[C@@H](O)CCCC(=O)O. The summed E-state index contributed by atoms with van der Waals surface area (Å²) < 4.78 is 32.8. The number of ether oxygens (including phenoxy) is 2. The van der Waals surface area contributed by atoms with Crippen molar-refractivity contribution >= 4 is 37.5 Å². The van der Waals surface area contributed by atoms with E-state index in [4.69, 9.17) is 29.9 Å². The lowest BCUT2D eigenvalue weighted by molar-refractivity contribution is -0.161. The van der Waals surface area contributed by atoms with E-state index in [9.17, 15) is 34.1 Å². The highest BCUT2D eigenvalue weighted by molar-refractivity contribution is 8.00. The van der Waals surface area contributed by atoms with E-state index >= 15 is 0 Å². The number of unbranched alkanes of at least 4 members (excludes halogenated alkanes) is 12. The molecule has 0 aliphatic heterocycles. The summed E-state index contributed by atoms with van der Waals surface area (Å²) in [4.78, 5) is 46.8. The molecule has 0 aromatic rings. The third-order valence-electron chi connectivity index (χ3n) is 9.14. The van der Waals surface area contributed by atoms with Crippen LogP contribution in [0.3, 0.4) is 0 Å². The molecule has 0 saturated carbocycles. The number of aliphatic hydroxyl groups is 3. The van der Waals surface area contributed by atoms with Gasteiger partial charge in [0.1, 0.15) is 18.8 Å². The van der Waals surface area contributed by atoms with Crippen LogP contribution in [0.5, 0.6) is 0 Å². The van der Waals surface area contributed by atoms with Crippen molar-refractivity contribution in [2.45, 2.75) is 172 Å². The molecule has 6 atom stereocenters. The van der Waals surface area contributed by atoms with Crippen LogP contribution < -0.4 is 5.73 Å². The Morgan fingerprint density at radius 1 is 0.721 bits per heavy atom. The molecular weight excluding hydrogens is 826 g/mol. The first-order valence-corrected chi connectivity index (χ1v) is 24.7. The second-order valence-corrected chi connectivity index (χ2v) is 17.6. The summed E-state index contributed by atoms with van der Waals surface area (Å²) in [5, 5.41) is 37.8. The molecule has 0 aliphatic carbocycles. The molecule has 14 nitrogen and oxygen atoms in total. The summed E-state index contributed by atoms with van der Waals surface area (Å²) in [5.41, 5.74) is 6.15. The van der Waals surface area contributed by atoms with Gasteiger partial charge in [-0.15, -0.1) is 11.8 Å². The summed E-state index contributed by atoms with van der Waals surface area (Å²) >= 11 is 1.19. The minimum Gasteiger partial charge on any atom is -0.481 e. The molecule has 1 unspecified atom stereocenters. The van der Waals surface area contributed by atoms with Crippen molar-refractivity contribution in [3.05, 3.63) is 60.8 Å². The normalized spacial score (nSPS) is 15.8. The number of carboxylic acids is 1. The molecule has 0 aromatic carbocycles. The van der Waals surface area contributed by atoms with Crippen LogP contribution in [0.15, 0.2) is 60.8 Å². The molecule has 0 rings (SSSR count). The highest BCUT2D eigenvalue weighted by atomic mass is 32.2. The average Bonchev–Trinajstić information content (AvgIpc) is 3.23. The molecule has 16 heteroatoms. The maximum absolute atomic E-state index is 13.0. The number of nitrogens with two attached hydrogens (primary N) is 1. The number of aliphatic hydroxyl groups excluding tert-OH is 3. The van der Waals surface area contributed by atoms with Crippen molar-refractivity contribution < 1.29 is 62.8 Å². The number of carbonyl (C=O) groups is 3. The lowest BCUT2D eigenvalue weighted by Gasteiger charge is -2.22. The third-order valence-corrected chi connectivity index (χ3v) is 11.5. The van der Waals surface area contributed by atoms with Gasteiger partial charge in [0.05, 0.1) is 25.9 Å². The second-order valence-electron chi connectivity index (χ2n) is 14.9. The van der Waals surface area contributed by atoms with E-state index in [1.165, 1.54) is 56.7 Å². The molecular formula is C45H78NO13PS. The topological polar surface area (TPSA) is 232 Å². The lowest BCUT2D eigenvalue weighted by atomic mass is 10.1. The van der Waals surface area contributed by atoms with E-state index in [-0.39, 0.29) is 31.4 Å². The zero-order chi connectivity index (χ0) is 45.4. The predicted octanol–water partition coefficient (Wildman–Crippen LogP) is 8.43. The summed E-state index contributed by atoms with van der Waals surface area (Å²) in [5.74, 6) is -2.43. The van der Waals surface area contributed by atoms with Gasteiger partial charge < -0.3 is 40.5 Å². The van der Waals surface area contributed by atoms with Gasteiger partial charge in [0.15, 0.2) is 6.10 Å². The van der Waals surface area contributed by atoms with Gasteiger partial charge in [-0.3, -0.25) is 23.4 Å². The Bertz CT molecular complexity index is 1330. The maximum Gasteiger partial charge on any atom is 0.472 e. The molecule has 352 valence electrons. The van der Waals surface area contributed by atoms with Crippen LogP contribution in [0.4, 0.5) is 0 Å². The summed E-state index contributed by atoms with van der Waals surface area (Å²) in [7, 11) is -4.75. The van der Waals surface area contributed by atoms with Crippen molar-refractivity contribution in [3.8, 4) is 0 Å². The molecule has 7 N–H and O–H groups in total. The number of thioether (sulfide) groups is 1. The molecule has 0 radical (unpaired) electrons. The fraction of sp³-hybridized carbons (Fsp3) is 0.711. The fourth-order valence-electron chi connectivity index (χ4n) is 5.55. The van der Waals surface area contributed by atoms with E-state index in [1.807, 2.05) is 18.2 Å². The van der Waals surface area contributed by atoms with Crippen LogP contribution >= 0.6 is 19.6 Å². The number of phosphoric acid groups is 1. The first-order chi connectivity index (χ1) is 29.3. The molecule has 0 amide bonds. The van der Waals surface area contributed by atoms with Gasteiger partial charge in [0, 0.05) is 23.8 Å². The Hall–Kier alpha value is -2.59. The summed E-state index contributed by atoms with van der Waals surface area (Å²) in [6.45, 7) is 1.73. The number of hydrogen-bond donors (Lipinski definition) is 6. The number of allylic oxidation sites excluding steroid dienone is 9. The number of esters is 2. The van der Waals surface area contributed by atoms with Crippen LogP contribution in [0, 0.1) is 0 Å². The van der Waals surface area contributed by atoms with Crippen LogP contribution in [-0.2, 0) is 37.5 Å². The monoisotopic (exact) mass is 903 g/mol. The van der Waals surface area contributed by atoms with Gasteiger partial charge in [-0.05, 0) is 64.2 Å². The average molecular weight is 904 g/mol. The van der Waals surface area contributed by atoms with Gasteiger partial charge in [-0.25, -0.2) is 4.57 Å². The van der Waals surface area contributed by atoms with Crippen molar-refractivity contribution in [3.63, 3.8) is 0 Å². The Morgan fingerprint density at radius 2 is 1.31 bits per heavy atom. The maximum atomic E-state index is 13.0. The van der Waals surface area contributed by atoms with Crippen molar-refractivity contribution in [1.29, 1.82) is 0 Å². The van der Waals surface area contributed by atoms with Crippen LogP contribution in [0.2, 0.25) is 0 Å². The highest BCUT2D eigenvalue weighted by Crippen LogP contribution is 2.43. The molecule has 0 spiro atoms. The molecule has 0 saturated heterocycles. The quantitative estimate of drug-likeness (QED) is 0.0111. The van der Waals surface area contributed by atoms with Crippen molar-refractivity contribution in [2.75, 3.05) is 32.2 Å². The minimum atomic E-state index is -4.75. The molecule has 0 aromatic heterocycles. The zero-order valence-corrected chi connectivity index (χ0v) is 38.5. The number of rotatable bonds is 41. The van der Waals surface area contributed by atoms with Gasteiger partial charge in [-0.1, -0.05) is 126 Å². The van der Waals surface area contributed by atoms with E-state index in [0.29, 0.717) is 6.42 Å². The summed E-state index contributed by atoms with van der Waals surface area (Å²) in [6.07, 6.45) is 33.7. The standard InChI is InChI=1S/C45H78NO13PS/c1-3-5-7-9-11-13-15-17-19-21-23-25-27-32-44(52)59-39(36-58-60(54,55)57-34-38(48)33-47)35-56-45(53)40(46)37-61-42(41(49)29-28-31-43(50)51)30-26-24-22-20-18-16-14-12-10-8-6-4-2/h12-15,18,20,22,24,26,30,38-42,47-49H,3-11,16-17,19,21,23,25,27-29,31-37,46H2,1-2H3,(H,50,51)(H,54,55)/b14-12-,15-13-,20-18-,24-22+,30-26+/t38-,39+,40-,41-,42+/m0/s1. The Balaban J connectivity index is 5.24. The second kappa shape index (κ2) is 40.2. The fourth-order valence-corrected chi connectivity index (χ4v) is 7.46. The zero-order valence-electron chi connectivity index (χ0n) is 36.8. The van der Waals surface area contributed by atoms with Gasteiger partial charge in [0.25, 0.3) is 0 Å². The predicted molar refractivity (Wildman–Crippen MR) is 243 cm³/mol. The Kier molecular flexibility index (Phi) is 38.5. The highest BCUT2D eigenvalue weighted by Gasteiger charge is 2.28. The Labute approximate surface area is 369 Å². The first kappa shape index (κ1) is 58.4. The van der Waals surface area contributed by atoms with E-state index in [2.05, 4.69) is 42.7 Å². The molecule has 0 aliphatic rings. The van der Waals surface area contributed by atoms with E-state index in [0.717, 1.165) is 51.4 Å². The number of aliphatic carboxylic acids is 1. The van der Waals surface area contributed by atoms with Crippen molar-refractivity contribution in [2.24, 2.45) is 5.73 Å². The molecule has 61 heavy (non-hydrogen) atoms. The first-order valence-electron chi connectivity index (χ1n) is 22.2. The van der Waals surface area contributed by atoms with E-state index in [1.54, 1.807) is 18.2 Å². The largest absolute Gasteiger partial charge is 0.481 e. The molecule has 0 fully saturated rings. The minimum absolute atomic E-state index is 0.0151. The molecule has 0 heterocycles. The van der Waals surface area contributed by atoms with Crippen LogP contribution in [0.25, 0.3) is 0 Å². The Morgan fingerprint density at radius 3 is 1.98 bits per heavy atom. The van der Waals surface area contributed by atoms with Crippen molar-refractivity contribution in [1.82, 2.24) is 0 Å². The third kappa shape index (κ3) is 37.7. The number of hydrogen-bond acceptors (Lipinski definition) is 13. The summed E-state index contributed by atoms with van der Waals surface area (Å²) in [6, 6.07) is -1.17. The van der Waals surface area contributed by atoms with Crippen LogP contribution in [0.1, 0.15) is 142 Å². The van der Waals surface area contributed by atoms with Gasteiger partial charge in [-0.2, -0.15) is 0 Å². The lowest BCUT2D eigenvalue weighted by Crippen LogP contribution is -2.38. The number of carboxylic acid groups (broad SMARTS) is 1. The number of carbonyl (C=O) groups excluding carboxylic acids is 2. The molecule has 0 bridgehead atoms. The van der Waals surface area contributed by atoms with Gasteiger partial charge in [0.2, 0.25) is 0 Å². The number of phosphoric ester groups is 1. The smallest absolute Gasteiger partial charge is 0.472 e.